The summed E-state index contributed by atoms with van der Waals surface area (Å²) in [5.41, 5.74) is 0. The van der Waals surface area contributed by atoms with Crippen LogP contribution >= 0.6 is 0 Å². The first-order chi connectivity index (χ1) is 9.46. The van der Waals surface area contributed by atoms with Crippen molar-refractivity contribution < 1.29 is 13.2 Å². The van der Waals surface area contributed by atoms with E-state index in [0.29, 0.717) is 19.0 Å². The summed E-state index contributed by atoms with van der Waals surface area (Å²) < 4.78 is 22.9. The van der Waals surface area contributed by atoms with Gasteiger partial charge in [-0.05, 0) is 26.3 Å². The maximum atomic E-state index is 12.0. The van der Waals surface area contributed by atoms with Crippen molar-refractivity contribution in [2.45, 2.75) is 57.0 Å². The van der Waals surface area contributed by atoms with Crippen LogP contribution in [0.4, 0.5) is 0 Å². The highest BCUT2D eigenvalue weighted by molar-refractivity contribution is 7.91. The summed E-state index contributed by atoms with van der Waals surface area (Å²) in [4.78, 5) is 13.9. The van der Waals surface area contributed by atoms with E-state index >= 15 is 0 Å². The van der Waals surface area contributed by atoms with E-state index in [1.807, 2.05) is 11.9 Å². The van der Waals surface area contributed by atoms with Crippen molar-refractivity contribution in [2.24, 2.45) is 0 Å². The molecule has 0 spiro atoms. The Kier molecular flexibility index (Phi) is 5.43. The number of sulfone groups is 1. The fraction of sp³-hybridized carbons (Fsp3) is 0.929. The first-order valence-corrected chi connectivity index (χ1v) is 9.48. The highest BCUT2D eigenvalue weighted by Crippen LogP contribution is 2.18. The molecule has 1 saturated heterocycles. The van der Waals surface area contributed by atoms with Crippen LogP contribution in [0.1, 0.15) is 44.9 Å². The number of amides is 1. The molecule has 116 valence electrons. The Labute approximate surface area is 122 Å². The van der Waals surface area contributed by atoms with Crippen LogP contribution in [-0.2, 0) is 14.6 Å². The lowest BCUT2D eigenvalue weighted by atomic mass is 10.1. The van der Waals surface area contributed by atoms with E-state index in [1.54, 1.807) is 0 Å². The number of likely N-dealkylation sites (N-methyl/N-ethyl adjacent to an activating group) is 1. The SMILES string of the molecule is CN(CC(=O)NC1CCCCCC1)[C@@H]1CCS(=O)(=O)C1. The summed E-state index contributed by atoms with van der Waals surface area (Å²) in [5.74, 6) is 0.482. The normalized spacial score (nSPS) is 27.4. The fourth-order valence-electron chi connectivity index (χ4n) is 3.18. The molecule has 1 aliphatic heterocycles. The van der Waals surface area contributed by atoms with Gasteiger partial charge in [0, 0.05) is 12.1 Å². The van der Waals surface area contributed by atoms with Crippen molar-refractivity contribution in [3.05, 3.63) is 0 Å². The molecule has 0 aromatic rings. The van der Waals surface area contributed by atoms with Gasteiger partial charge >= 0.3 is 0 Å². The van der Waals surface area contributed by atoms with Crippen LogP contribution in [0, 0.1) is 0 Å². The lowest BCUT2D eigenvalue weighted by Gasteiger charge is -2.24. The lowest BCUT2D eigenvalue weighted by molar-refractivity contribution is -0.123. The Morgan fingerprint density at radius 2 is 1.80 bits per heavy atom. The van der Waals surface area contributed by atoms with E-state index in [2.05, 4.69) is 5.32 Å². The van der Waals surface area contributed by atoms with Gasteiger partial charge in [0.2, 0.25) is 5.91 Å². The average Bonchev–Trinajstić information content (AvgIpc) is 2.59. The van der Waals surface area contributed by atoms with Gasteiger partial charge in [-0.1, -0.05) is 25.7 Å². The summed E-state index contributed by atoms with van der Waals surface area (Å²) in [6, 6.07) is 0.311. The second-order valence-electron chi connectivity index (χ2n) is 6.23. The largest absolute Gasteiger partial charge is 0.352 e. The van der Waals surface area contributed by atoms with Crippen LogP contribution in [0.2, 0.25) is 0 Å². The summed E-state index contributed by atoms with van der Waals surface area (Å²) >= 11 is 0. The Balaban J connectivity index is 1.76. The molecule has 6 heteroatoms. The number of rotatable bonds is 4. The van der Waals surface area contributed by atoms with Gasteiger partial charge in [-0.15, -0.1) is 0 Å². The summed E-state index contributed by atoms with van der Waals surface area (Å²) in [6.45, 7) is 0.302. The second-order valence-corrected chi connectivity index (χ2v) is 8.46. The van der Waals surface area contributed by atoms with Crippen molar-refractivity contribution in [3.63, 3.8) is 0 Å². The average molecular weight is 302 g/mol. The zero-order valence-electron chi connectivity index (χ0n) is 12.3. The zero-order valence-corrected chi connectivity index (χ0v) is 13.1. The van der Waals surface area contributed by atoms with Gasteiger partial charge in [0.1, 0.15) is 0 Å². The van der Waals surface area contributed by atoms with E-state index < -0.39 is 9.84 Å². The standard InChI is InChI=1S/C14H26N2O3S/c1-16(13-8-9-20(18,19)11-13)10-14(17)15-12-6-4-2-3-5-7-12/h12-13H,2-11H2,1H3,(H,15,17)/t13-/m1/s1. The van der Waals surface area contributed by atoms with E-state index in [0.717, 1.165) is 12.8 Å². The Bertz CT molecular complexity index is 428. The highest BCUT2D eigenvalue weighted by atomic mass is 32.2. The molecule has 0 bridgehead atoms. The van der Waals surface area contributed by atoms with Gasteiger partial charge < -0.3 is 5.32 Å². The lowest BCUT2D eigenvalue weighted by Crippen LogP contribution is -2.44. The molecule has 0 radical (unpaired) electrons. The van der Waals surface area contributed by atoms with Crippen molar-refractivity contribution in [1.29, 1.82) is 0 Å². The molecule has 0 aromatic carbocycles. The quantitative estimate of drug-likeness (QED) is 0.785. The third-order valence-electron chi connectivity index (χ3n) is 4.45. The smallest absolute Gasteiger partial charge is 0.234 e. The monoisotopic (exact) mass is 302 g/mol. The Morgan fingerprint density at radius 3 is 2.35 bits per heavy atom. The number of carbonyl (C=O) groups excluding carboxylic acids is 1. The molecule has 20 heavy (non-hydrogen) atoms. The molecule has 1 amide bonds. The van der Waals surface area contributed by atoms with Crippen LogP contribution in [0.5, 0.6) is 0 Å². The zero-order chi connectivity index (χ0) is 14.6. The maximum absolute atomic E-state index is 12.0. The van der Waals surface area contributed by atoms with Gasteiger partial charge in [-0.2, -0.15) is 0 Å². The fourth-order valence-corrected chi connectivity index (χ4v) is 4.98. The molecule has 2 fully saturated rings. The molecule has 1 N–H and O–H groups in total. The first-order valence-electron chi connectivity index (χ1n) is 7.66. The molecule has 0 unspecified atom stereocenters. The molecule has 2 aliphatic rings. The van der Waals surface area contributed by atoms with Crippen molar-refractivity contribution >= 4 is 15.7 Å². The molecule has 1 saturated carbocycles. The number of nitrogens with zero attached hydrogens (tertiary/aromatic N) is 1. The van der Waals surface area contributed by atoms with Crippen molar-refractivity contribution in [1.82, 2.24) is 10.2 Å². The van der Waals surface area contributed by atoms with Crippen molar-refractivity contribution in [3.8, 4) is 0 Å². The molecule has 0 aromatic heterocycles. The van der Waals surface area contributed by atoms with Gasteiger partial charge in [0.15, 0.2) is 9.84 Å². The van der Waals surface area contributed by atoms with Crippen LogP contribution < -0.4 is 5.32 Å². The molecule has 1 aliphatic carbocycles. The molecule has 1 heterocycles. The minimum absolute atomic E-state index is 0.000108. The van der Waals surface area contributed by atoms with Gasteiger partial charge in [0.05, 0.1) is 18.1 Å². The van der Waals surface area contributed by atoms with E-state index in [9.17, 15) is 13.2 Å². The van der Waals surface area contributed by atoms with Gasteiger partial charge in [-0.25, -0.2) is 8.42 Å². The van der Waals surface area contributed by atoms with E-state index in [1.165, 1.54) is 25.7 Å². The molecular weight excluding hydrogens is 276 g/mol. The number of nitrogens with one attached hydrogen (secondary N) is 1. The van der Waals surface area contributed by atoms with Crippen LogP contribution in [0.15, 0.2) is 0 Å². The summed E-state index contributed by atoms with van der Waals surface area (Å²) in [7, 11) is -1.04. The third kappa shape index (κ3) is 4.74. The highest BCUT2D eigenvalue weighted by Gasteiger charge is 2.31. The van der Waals surface area contributed by atoms with Crippen LogP contribution in [0.3, 0.4) is 0 Å². The number of hydrogen-bond acceptors (Lipinski definition) is 4. The molecule has 2 rings (SSSR count). The van der Waals surface area contributed by atoms with E-state index in [-0.39, 0.29) is 23.5 Å². The topological polar surface area (TPSA) is 66.5 Å². The van der Waals surface area contributed by atoms with Gasteiger partial charge in [-0.3, -0.25) is 9.69 Å². The summed E-state index contributed by atoms with van der Waals surface area (Å²) in [5, 5.41) is 3.10. The molecule has 5 nitrogen and oxygen atoms in total. The maximum Gasteiger partial charge on any atom is 0.234 e. The van der Waals surface area contributed by atoms with Crippen LogP contribution in [0.25, 0.3) is 0 Å². The number of hydrogen-bond donors (Lipinski definition) is 1. The molecule has 1 atom stereocenters. The predicted octanol–water partition coefficient (Wildman–Crippen LogP) is 0.944. The Morgan fingerprint density at radius 1 is 1.15 bits per heavy atom. The molecular formula is C14H26N2O3S. The van der Waals surface area contributed by atoms with Crippen LogP contribution in [-0.4, -0.2) is 56.4 Å². The number of carbonyl (C=O) groups is 1. The first kappa shape index (κ1) is 15.8. The predicted molar refractivity (Wildman–Crippen MR) is 79.3 cm³/mol. The third-order valence-corrected chi connectivity index (χ3v) is 6.20. The van der Waals surface area contributed by atoms with Gasteiger partial charge in [0.25, 0.3) is 0 Å². The second kappa shape index (κ2) is 6.89. The summed E-state index contributed by atoms with van der Waals surface area (Å²) in [6.07, 6.45) is 7.73. The Hall–Kier alpha value is -0.620. The minimum atomic E-state index is -2.88. The van der Waals surface area contributed by atoms with E-state index in [4.69, 9.17) is 0 Å². The minimum Gasteiger partial charge on any atom is -0.352 e. The van der Waals surface area contributed by atoms with Crippen molar-refractivity contribution in [2.75, 3.05) is 25.1 Å².